The fourth-order valence-electron chi connectivity index (χ4n) is 1.76. The number of rotatable bonds is 4. The van der Waals surface area contributed by atoms with E-state index in [0.717, 1.165) is 5.39 Å². The zero-order valence-electron chi connectivity index (χ0n) is 10.9. The second-order valence-corrected chi connectivity index (χ2v) is 4.11. The molecular formula is C14H14N2O4. The van der Waals surface area contributed by atoms with Crippen molar-refractivity contribution in [2.45, 2.75) is 6.92 Å². The number of carbonyl (C=O) groups excluding carboxylic acids is 2. The van der Waals surface area contributed by atoms with Crippen LogP contribution in [0.5, 0.6) is 0 Å². The largest absolute Gasteiger partial charge is 0.465 e. The number of hydrogen-bond acceptors (Lipinski definition) is 4. The third-order valence-corrected chi connectivity index (χ3v) is 2.69. The normalized spacial score (nSPS) is 10.2. The van der Waals surface area contributed by atoms with E-state index < -0.39 is 11.9 Å². The van der Waals surface area contributed by atoms with Crippen LogP contribution in [0.15, 0.2) is 35.1 Å². The molecule has 1 aromatic carbocycles. The summed E-state index contributed by atoms with van der Waals surface area (Å²) in [5.41, 5.74) is 0.700. The lowest BCUT2D eigenvalue weighted by Crippen LogP contribution is -2.30. The molecular weight excluding hydrogens is 260 g/mol. The highest BCUT2D eigenvalue weighted by Gasteiger charge is 2.09. The first kappa shape index (κ1) is 13.8. The molecule has 2 N–H and O–H groups in total. The van der Waals surface area contributed by atoms with E-state index in [9.17, 15) is 14.4 Å². The van der Waals surface area contributed by atoms with Crippen LogP contribution in [0, 0.1) is 0 Å². The Bertz CT molecular complexity index is 706. The van der Waals surface area contributed by atoms with Crippen molar-refractivity contribution in [2.24, 2.45) is 0 Å². The second-order valence-electron chi connectivity index (χ2n) is 4.11. The van der Waals surface area contributed by atoms with E-state index in [0.29, 0.717) is 11.1 Å². The summed E-state index contributed by atoms with van der Waals surface area (Å²) in [6.45, 7) is 1.78. The van der Waals surface area contributed by atoms with Gasteiger partial charge in [-0.2, -0.15) is 0 Å². The molecule has 0 spiro atoms. The van der Waals surface area contributed by atoms with Crippen molar-refractivity contribution in [2.75, 3.05) is 13.2 Å². The summed E-state index contributed by atoms with van der Waals surface area (Å²) < 4.78 is 4.71. The maximum absolute atomic E-state index is 11.9. The van der Waals surface area contributed by atoms with Crippen molar-refractivity contribution in [3.8, 4) is 0 Å². The molecule has 6 heteroatoms. The molecule has 104 valence electrons. The molecule has 2 rings (SSSR count). The number of benzene rings is 1. The Balaban J connectivity index is 2.14. The molecule has 0 aliphatic carbocycles. The van der Waals surface area contributed by atoms with Crippen LogP contribution in [0.1, 0.15) is 17.3 Å². The number of aromatic nitrogens is 1. The number of nitrogens with one attached hydrogen (secondary N) is 2. The Labute approximate surface area is 114 Å². The maximum atomic E-state index is 11.9. The third kappa shape index (κ3) is 3.23. The van der Waals surface area contributed by atoms with E-state index >= 15 is 0 Å². The Morgan fingerprint density at radius 2 is 2.00 bits per heavy atom. The molecule has 0 saturated heterocycles. The average molecular weight is 274 g/mol. The number of pyridine rings is 1. The minimum atomic E-state index is -0.491. The number of hydrogen-bond donors (Lipinski definition) is 2. The highest BCUT2D eigenvalue weighted by atomic mass is 16.5. The summed E-state index contributed by atoms with van der Waals surface area (Å²) in [6.07, 6.45) is 0. The van der Waals surface area contributed by atoms with Gasteiger partial charge in [-0.1, -0.05) is 6.07 Å². The third-order valence-electron chi connectivity index (χ3n) is 2.69. The van der Waals surface area contributed by atoms with Gasteiger partial charge in [0, 0.05) is 17.1 Å². The summed E-state index contributed by atoms with van der Waals surface area (Å²) in [6, 6.07) is 8.01. The van der Waals surface area contributed by atoms with Gasteiger partial charge >= 0.3 is 5.97 Å². The topological polar surface area (TPSA) is 88.3 Å². The summed E-state index contributed by atoms with van der Waals surface area (Å²) >= 11 is 0. The molecule has 0 radical (unpaired) electrons. The van der Waals surface area contributed by atoms with E-state index in [1.807, 2.05) is 0 Å². The van der Waals surface area contributed by atoms with Gasteiger partial charge in [0.2, 0.25) is 5.56 Å². The molecule has 1 aromatic heterocycles. The smallest absolute Gasteiger partial charge is 0.325 e. The number of H-pyrrole nitrogens is 1. The van der Waals surface area contributed by atoms with Crippen molar-refractivity contribution in [3.05, 3.63) is 46.2 Å². The van der Waals surface area contributed by atoms with Crippen LogP contribution in [0.2, 0.25) is 0 Å². The predicted molar refractivity (Wildman–Crippen MR) is 73.5 cm³/mol. The van der Waals surface area contributed by atoms with Crippen molar-refractivity contribution in [3.63, 3.8) is 0 Å². The zero-order valence-corrected chi connectivity index (χ0v) is 10.9. The molecule has 0 bridgehead atoms. The fraction of sp³-hybridized carbons (Fsp3) is 0.214. The molecule has 2 aromatic rings. The summed E-state index contributed by atoms with van der Waals surface area (Å²) in [7, 11) is 0. The quantitative estimate of drug-likeness (QED) is 0.808. The lowest BCUT2D eigenvalue weighted by Gasteiger charge is -2.06. The highest BCUT2D eigenvalue weighted by molar-refractivity contribution is 5.98. The minimum absolute atomic E-state index is 0.185. The molecule has 0 saturated carbocycles. The van der Waals surface area contributed by atoms with Gasteiger partial charge < -0.3 is 15.0 Å². The van der Waals surface area contributed by atoms with E-state index in [1.54, 1.807) is 31.2 Å². The van der Waals surface area contributed by atoms with Gasteiger partial charge in [-0.25, -0.2) is 0 Å². The number of ether oxygens (including phenoxy) is 1. The fourth-order valence-corrected chi connectivity index (χ4v) is 1.76. The number of aromatic amines is 1. The first-order chi connectivity index (χ1) is 9.60. The molecule has 0 aliphatic heterocycles. The summed E-state index contributed by atoms with van der Waals surface area (Å²) in [5.74, 6) is -0.889. The molecule has 0 aliphatic rings. The lowest BCUT2D eigenvalue weighted by molar-refractivity contribution is -0.141. The SMILES string of the molecule is CCOC(=O)CNC(=O)c1ccc2ccc(=O)[nH]c2c1. The number of amides is 1. The van der Waals surface area contributed by atoms with Gasteiger partial charge in [0.1, 0.15) is 6.54 Å². The van der Waals surface area contributed by atoms with Crippen molar-refractivity contribution in [1.29, 1.82) is 0 Å². The van der Waals surface area contributed by atoms with Gasteiger partial charge in [0.15, 0.2) is 0 Å². The summed E-state index contributed by atoms with van der Waals surface area (Å²) in [5, 5.41) is 3.28. The van der Waals surface area contributed by atoms with Gasteiger partial charge in [0.05, 0.1) is 6.61 Å². The number of esters is 1. The summed E-state index contributed by atoms with van der Waals surface area (Å²) in [4.78, 5) is 36.9. The van der Waals surface area contributed by atoms with Crippen LogP contribution in [0.25, 0.3) is 10.9 Å². The first-order valence-electron chi connectivity index (χ1n) is 6.17. The Kier molecular flexibility index (Phi) is 4.14. The van der Waals surface area contributed by atoms with Gasteiger partial charge in [-0.15, -0.1) is 0 Å². The second kappa shape index (κ2) is 6.01. The molecule has 0 fully saturated rings. The first-order valence-corrected chi connectivity index (χ1v) is 6.17. The number of carbonyl (C=O) groups is 2. The minimum Gasteiger partial charge on any atom is -0.465 e. The van der Waals surface area contributed by atoms with Crippen LogP contribution in [0.4, 0.5) is 0 Å². The average Bonchev–Trinajstić information content (AvgIpc) is 2.44. The highest BCUT2D eigenvalue weighted by Crippen LogP contribution is 2.11. The zero-order chi connectivity index (χ0) is 14.5. The van der Waals surface area contributed by atoms with Crippen LogP contribution in [0.3, 0.4) is 0 Å². The van der Waals surface area contributed by atoms with E-state index in [-0.39, 0.29) is 18.7 Å². The molecule has 20 heavy (non-hydrogen) atoms. The van der Waals surface area contributed by atoms with Crippen LogP contribution < -0.4 is 10.9 Å². The standard InChI is InChI=1S/C14H14N2O4/c1-2-20-13(18)8-15-14(19)10-4-3-9-5-6-12(17)16-11(9)7-10/h3-7H,2,8H2,1H3,(H,15,19)(H,16,17). The Morgan fingerprint density at radius 1 is 1.25 bits per heavy atom. The van der Waals surface area contributed by atoms with Crippen molar-refractivity contribution in [1.82, 2.24) is 10.3 Å². The maximum Gasteiger partial charge on any atom is 0.325 e. The van der Waals surface area contributed by atoms with Crippen molar-refractivity contribution < 1.29 is 14.3 Å². The molecule has 1 amide bonds. The number of fused-ring (bicyclic) bond motifs is 1. The van der Waals surface area contributed by atoms with Crippen LogP contribution >= 0.6 is 0 Å². The monoisotopic (exact) mass is 274 g/mol. The predicted octanol–water partition coefficient (Wildman–Crippen LogP) is 0.821. The van der Waals surface area contributed by atoms with E-state index in [1.165, 1.54) is 6.07 Å². The van der Waals surface area contributed by atoms with E-state index in [2.05, 4.69) is 10.3 Å². The van der Waals surface area contributed by atoms with Crippen LogP contribution in [-0.4, -0.2) is 30.0 Å². The molecule has 0 unspecified atom stereocenters. The molecule has 0 atom stereocenters. The van der Waals surface area contributed by atoms with Gasteiger partial charge in [-0.05, 0) is 30.5 Å². The van der Waals surface area contributed by atoms with E-state index in [4.69, 9.17) is 4.74 Å². The van der Waals surface area contributed by atoms with Crippen molar-refractivity contribution >= 4 is 22.8 Å². The van der Waals surface area contributed by atoms with Gasteiger partial charge in [-0.3, -0.25) is 14.4 Å². The Hall–Kier alpha value is -2.63. The lowest BCUT2D eigenvalue weighted by atomic mass is 10.1. The van der Waals surface area contributed by atoms with Crippen LogP contribution in [-0.2, 0) is 9.53 Å². The Morgan fingerprint density at radius 3 is 2.75 bits per heavy atom. The molecule has 6 nitrogen and oxygen atoms in total. The van der Waals surface area contributed by atoms with Gasteiger partial charge in [0.25, 0.3) is 5.91 Å². The molecule has 1 heterocycles.